The Bertz CT molecular complexity index is 961. The van der Waals surface area contributed by atoms with Gasteiger partial charge in [-0.1, -0.05) is 48.5 Å². The van der Waals surface area contributed by atoms with Gasteiger partial charge in [-0.25, -0.2) is 0 Å². The second-order valence-electron chi connectivity index (χ2n) is 10.2. The number of hydrogen-bond donors (Lipinski definition) is 0. The quantitative estimate of drug-likeness (QED) is 0.749. The van der Waals surface area contributed by atoms with Crippen LogP contribution in [0.25, 0.3) is 0 Å². The van der Waals surface area contributed by atoms with E-state index in [0.717, 1.165) is 41.2 Å². The van der Waals surface area contributed by atoms with Crippen molar-refractivity contribution in [3.05, 3.63) is 65.7 Å². The molecule has 9 unspecified atom stereocenters. The van der Waals surface area contributed by atoms with E-state index in [1.165, 1.54) is 24.0 Å². The highest BCUT2D eigenvalue weighted by molar-refractivity contribution is 5.96. The maximum atomic E-state index is 14.1. The van der Waals surface area contributed by atoms with Gasteiger partial charge in [0.25, 0.3) is 0 Å². The number of carbonyl (C=O) groups is 1. The molecule has 0 saturated heterocycles. The summed E-state index contributed by atoms with van der Waals surface area (Å²) in [5.74, 6) is 7.67. The summed E-state index contributed by atoms with van der Waals surface area (Å²) >= 11 is 0. The maximum absolute atomic E-state index is 14.1. The van der Waals surface area contributed by atoms with Crippen LogP contribution in [0.3, 0.4) is 0 Å². The first-order valence-electron chi connectivity index (χ1n) is 11.1. The summed E-state index contributed by atoms with van der Waals surface area (Å²) in [6.45, 7) is 2.83. The molecule has 7 rings (SSSR count). The van der Waals surface area contributed by atoms with E-state index < -0.39 is 0 Å². The highest BCUT2D eigenvalue weighted by atomic mass is 16.2. The molecule has 0 N–H and O–H groups in total. The summed E-state index contributed by atoms with van der Waals surface area (Å²) < 4.78 is 0. The molecule has 1 amide bonds. The maximum Gasteiger partial charge on any atom is 0.231 e. The van der Waals surface area contributed by atoms with Crippen LogP contribution >= 0.6 is 0 Å². The van der Waals surface area contributed by atoms with E-state index in [-0.39, 0.29) is 0 Å². The Labute approximate surface area is 166 Å². The Kier molecular flexibility index (Phi) is 2.98. The fourth-order valence-corrected chi connectivity index (χ4v) is 8.90. The number of benzene rings is 2. The van der Waals surface area contributed by atoms with E-state index in [0.29, 0.717) is 30.2 Å². The van der Waals surface area contributed by atoms with Crippen LogP contribution in [0.1, 0.15) is 24.0 Å². The molecule has 142 valence electrons. The smallest absolute Gasteiger partial charge is 0.231 e. The minimum atomic E-state index is 0.297. The number of nitrogens with zero attached hydrogens (tertiary/aromatic N) is 1. The van der Waals surface area contributed by atoms with Gasteiger partial charge in [-0.15, -0.1) is 0 Å². The predicted molar refractivity (Wildman–Crippen MR) is 109 cm³/mol. The first kappa shape index (κ1) is 15.8. The van der Waals surface area contributed by atoms with Gasteiger partial charge in [0.2, 0.25) is 5.91 Å². The van der Waals surface area contributed by atoms with E-state index in [1.54, 1.807) is 0 Å². The summed E-state index contributed by atoms with van der Waals surface area (Å²) in [5.41, 5.74) is 3.53. The number of fused-ring (bicyclic) bond motifs is 2. The third-order valence-corrected chi connectivity index (χ3v) is 9.46. The average molecular weight is 370 g/mol. The van der Waals surface area contributed by atoms with E-state index in [1.807, 2.05) is 0 Å². The average Bonchev–Trinajstić information content (AvgIpc) is 3.27. The highest BCUT2D eigenvalue weighted by Crippen LogP contribution is 2.84. The molecule has 0 radical (unpaired) electrons. The SMILES string of the molecule is Cc1ccccc1N(Cc1ccccc1)C(=O)C1C2C3CC4C5C3CC2C5C41. The largest absolute Gasteiger partial charge is 0.307 e. The molecule has 0 aromatic heterocycles. The van der Waals surface area contributed by atoms with Crippen molar-refractivity contribution in [2.45, 2.75) is 26.3 Å². The third-order valence-electron chi connectivity index (χ3n) is 9.46. The van der Waals surface area contributed by atoms with Crippen LogP contribution in [0.2, 0.25) is 0 Å². The molecule has 2 bridgehead atoms. The summed E-state index contributed by atoms with van der Waals surface area (Å²) in [4.78, 5) is 16.3. The molecule has 5 saturated carbocycles. The van der Waals surface area contributed by atoms with Crippen LogP contribution in [0.5, 0.6) is 0 Å². The molecule has 9 atom stereocenters. The lowest BCUT2D eigenvalue weighted by molar-refractivity contribution is -0.130. The molecule has 0 aliphatic heterocycles. The van der Waals surface area contributed by atoms with Crippen LogP contribution < -0.4 is 4.90 Å². The molecular weight excluding hydrogens is 342 g/mol. The Morgan fingerprint density at radius 2 is 1.50 bits per heavy atom. The van der Waals surface area contributed by atoms with Crippen molar-refractivity contribution < 1.29 is 4.79 Å². The lowest BCUT2D eigenvalue weighted by atomic mass is 9.57. The first-order valence-corrected chi connectivity index (χ1v) is 11.1. The molecule has 2 aromatic rings. The highest BCUT2D eigenvalue weighted by Gasteiger charge is 2.81. The van der Waals surface area contributed by atoms with Crippen molar-refractivity contribution in [3.8, 4) is 0 Å². The number of aryl methyl sites for hydroxylation is 1. The molecule has 5 aliphatic rings. The fraction of sp³-hybridized carbons (Fsp3) is 0.500. The standard InChI is InChI=1S/C26H27NO/c1-14-7-5-6-10-20(14)27(13-15-8-3-2-4-9-15)26(28)25-22-17-12-18-21-16(17)11-19(22)23(21)24(18)25/h2-10,16-19,21-25H,11-13H2,1H3. The molecule has 0 heterocycles. The number of rotatable bonds is 4. The van der Waals surface area contributed by atoms with Gasteiger partial charge in [0.15, 0.2) is 0 Å². The predicted octanol–water partition coefficient (Wildman–Crippen LogP) is 4.92. The van der Waals surface area contributed by atoms with Gasteiger partial charge in [-0.05, 0) is 84.3 Å². The Hall–Kier alpha value is -2.09. The van der Waals surface area contributed by atoms with Gasteiger partial charge in [0.05, 0.1) is 6.54 Å². The van der Waals surface area contributed by atoms with Crippen molar-refractivity contribution in [1.82, 2.24) is 0 Å². The Balaban J connectivity index is 1.28. The summed E-state index contributed by atoms with van der Waals surface area (Å²) in [7, 11) is 0. The zero-order valence-electron chi connectivity index (χ0n) is 16.4. The molecule has 5 fully saturated rings. The topological polar surface area (TPSA) is 20.3 Å². The summed E-state index contributed by atoms with van der Waals surface area (Å²) in [6.07, 6.45) is 2.90. The molecular formula is C26H27NO. The van der Waals surface area contributed by atoms with Gasteiger partial charge in [-0.3, -0.25) is 4.79 Å². The summed E-state index contributed by atoms with van der Waals surface area (Å²) in [6, 6.07) is 19.0. The number of hydrogen-bond acceptors (Lipinski definition) is 1. The van der Waals surface area contributed by atoms with Crippen LogP contribution in [0, 0.1) is 60.2 Å². The number of anilines is 1. The minimum Gasteiger partial charge on any atom is -0.307 e. The zero-order chi connectivity index (χ0) is 18.6. The molecule has 5 aliphatic carbocycles. The lowest BCUT2D eigenvalue weighted by Crippen LogP contribution is -2.49. The van der Waals surface area contributed by atoms with Gasteiger partial charge in [0.1, 0.15) is 0 Å². The number of carbonyl (C=O) groups excluding carboxylic acids is 1. The molecule has 2 nitrogen and oxygen atoms in total. The van der Waals surface area contributed by atoms with Crippen molar-refractivity contribution >= 4 is 11.6 Å². The van der Waals surface area contributed by atoms with Crippen molar-refractivity contribution in [1.29, 1.82) is 0 Å². The van der Waals surface area contributed by atoms with Crippen LogP contribution in [-0.4, -0.2) is 5.91 Å². The Morgan fingerprint density at radius 1 is 0.821 bits per heavy atom. The van der Waals surface area contributed by atoms with Crippen LogP contribution in [0.15, 0.2) is 54.6 Å². The molecule has 2 aromatic carbocycles. The van der Waals surface area contributed by atoms with Gasteiger partial charge >= 0.3 is 0 Å². The zero-order valence-corrected chi connectivity index (χ0v) is 16.4. The van der Waals surface area contributed by atoms with E-state index in [4.69, 9.17) is 0 Å². The van der Waals surface area contributed by atoms with E-state index in [2.05, 4.69) is 66.4 Å². The Morgan fingerprint density at radius 3 is 2.29 bits per heavy atom. The van der Waals surface area contributed by atoms with Crippen molar-refractivity contribution in [2.75, 3.05) is 4.90 Å². The lowest BCUT2D eigenvalue weighted by Gasteiger charge is -2.48. The summed E-state index contributed by atoms with van der Waals surface area (Å²) in [5, 5.41) is 0. The second kappa shape index (κ2) is 5.28. The van der Waals surface area contributed by atoms with E-state index >= 15 is 0 Å². The number of amides is 1. The first-order chi connectivity index (χ1) is 13.7. The molecule has 2 heteroatoms. The fourth-order valence-electron chi connectivity index (χ4n) is 8.90. The normalized spacial score (nSPS) is 42.8. The third kappa shape index (κ3) is 1.74. The van der Waals surface area contributed by atoms with Crippen LogP contribution in [0.4, 0.5) is 5.69 Å². The van der Waals surface area contributed by atoms with Gasteiger partial charge in [0, 0.05) is 11.6 Å². The molecule has 0 spiro atoms. The van der Waals surface area contributed by atoms with Crippen molar-refractivity contribution in [3.63, 3.8) is 0 Å². The van der Waals surface area contributed by atoms with Gasteiger partial charge in [-0.2, -0.15) is 0 Å². The number of para-hydroxylation sites is 1. The minimum absolute atomic E-state index is 0.297. The van der Waals surface area contributed by atoms with Crippen LogP contribution in [-0.2, 0) is 11.3 Å². The van der Waals surface area contributed by atoms with E-state index in [9.17, 15) is 4.79 Å². The van der Waals surface area contributed by atoms with Crippen molar-refractivity contribution in [2.24, 2.45) is 53.3 Å². The monoisotopic (exact) mass is 369 g/mol. The second-order valence-corrected chi connectivity index (χ2v) is 10.2. The molecule has 28 heavy (non-hydrogen) atoms. The van der Waals surface area contributed by atoms with Gasteiger partial charge < -0.3 is 4.90 Å².